The fraction of sp³-hybridized carbons (Fsp3) is 0.346. The number of carbonyl (C=O) groups excluding carboxylic acids is 1. The molecular weight excluding hydrogens is 564 g/mol. The minimum atomic E-state index is -0.126. The Morgan fingerprint density at radius 1 is 1.18 bits per heavy atom. The van der Waals surface area contributed by atoms with Crippen molar-refractivity contribution in [3.8, 4) is 5.75 Å². The van der Waals surface area contributed by atoms with Gasteiger partial charge < -0.3 is 15.0 Å². The normalized spacial score (nSPS) is 24.2. The van der Waals surface area contributed by atoms with E-state index in [1.165, 1.54) is 19.3 Å². The van der Waals surface area contributed by atoms with Crippen LogP contribution in [0.3, 0.4) is 0 Å². The third-order valence-corrected chi connectivity index (χ3v) is 8.38. The highest BCUT2D eigenvalue weighted by Crippen LogP contribution is 2.43. The number of anilines is 1. The van der Waals surface area contributed by atoms with Crippen LogP contribution in [0.25, 0.3) is 6.08 Å². The zero-order valence-corrected chi connectivity index (χ0v) is 22.6. The van der Waals surface area contributed by atoms with Crippen molar-refractivity contribution in [2.75, 3.05) is 11.9 Å². The molecule has 1 heterocycles. The first kappa shape index (κ1) is 24.4. The Kier molecular flexibility index (Phi) is 8.25. The molecule has 0 spiro atoms. The van der Waals surface area contributed by atoms with Gasteiger partial charge in [0, 0.05) is 11.7 Å². The second kappa shape index (κ2) is 11.2. The van der Waals surface area contributed by atoms with Crippen molar-refractivity contribution in [3.63, 3.8) is 0 Å². The molecule has 2 aromatic carbocycles. The predicted molar refractivity (Wildman–Crippen MR) is 145 cm³/mol. The molecule has 33 heavy (non-hydrogen) atoms. The Bertz CT molecular complexity index is 1020. The zero-order valence-electron chi connectivity index (χ0n) is 18.6. The SMILES string of the molecule is C=CCOc1c(Br)cc(/C=C2\SC(Nc3ccccc3)N([C@@H]3CCCC[C@H]3C)C2=O)cc1Br. The van der Waals surface area contributed by atoms with E-state index in [0.29, 0.717) is 12.5 Å². The van der Waals surface area contributed by atoms with E-state index in [2.05, 4.69) is 55.6 Å². The maximum absolute atomic E-state index is 13.7. The molecule has 0 aromatic heterocycles. The topological polar surface area (TPSA) is 41.6 Å². The van der Waals surface area contributed by atoms with E-state index in [-0.39, 0.29) is 17.4 Å². The number of thioether (sulfide) groups is 1. The van der Waals surface area contributed by atoms with Gasteiger partial charge in [-0.25, -0.2) is 0 Å². The lowest BCUT2D eigenvalue weighted by molar-refractivity contribution is -0.129. The number of rotatable bonds is 7. The Labute approximate surface area is 217 Å². The second-order valence-corrected chi connectivity index (χ2v) is 11.3. The Hall–Kier alpha value is -1.70. The highest BCUT2D eigenvalue weighted by Gasteiger charge is 2.42. The maximum Gasteiger partial charge on any atom is 0.262 e. The van der Waals surface area contributed by atoms with Crippen molar-refractivity contribution >= 4 is 61.3 Å². The van der Waals surface area contributed by atoms with Crippen LogP contribution in [0, 0.1) is 5.92 Å². The third-order valence-electron chi connectivity index (χ3n) is 6.09. The summed E-state index contributed by atoms with van der Waals surface area (Å²) in [4.78, 5) is 16.5. The van der Waals surface area contributed by atoms with Crippen molar-refractivity contribution in [2.45, 2.75) is 44.1 Å². The molecule has 3 atom stereocenters. The molecule has 1 aliphatic carbocycles. The Morgan fingerprint density at radius 3 is 2.55 bits per heavy atom. The van der Waals surface area contributed by atoms with E-state index in [0.717, 1.165) is 37.3 Å². The molecule has 0 radical (unpaired) electrons. The molecule has 1 aliphatic heterocycles. The van der Waals surface area contributed by atoms with Crippen LogP contribution < -0.4 is 10.1 Å². The molecule has 2 aliphatic rings. The fourth-order valence-corrected chi connectivity index (χ4v) is 7.12. The van der Waals surface area contributed by atoms with Crippen LogP contribution in [0.15, 0.2) is 69.0 Å². The van der Waals surface area contributed by atoms with E-state index >= 15 is 0 Å². The van der Waals surface area contributed by atoms with Crippen LogP contribution in [-0.4, -0.2) is 29.0 Å². The number of nitrogens with zero attached hydrogens (tertiary/aromatic N) is 1. The largest absolute Gasteiger partial charge is 0.487 e. The molecule has 2 aromatic rings. The average Bonchev–Trinajstić information content (AvgIpc) is 3.08. The first-order valence-corrected chi connectivity index (χ1v) is 13.7. The van der Waals surface area contributed by atoms with Gasteiger partial charge in [0.2, 0.25) is 0 Å². The van der Waals surface area contributed by atoms with Gasteiger partial charge in [-0.3, -0.25) is 4.79 Å². The molecule has 1 amide bonds. The van der Waals surface area contributed by atoms with Crippen molar-refractivity contribution in [1.29, 1.82) is 0 Å². The number of amides is 1. The minimum Gasteiger partial charge on any atom is -0.487 e. The highest BCUT2D eigenvalue weighted by atomic mass is 79.9. The molecule has 7 heteroatoms. The van der Waals surface area contributed by atoms with Crippen LogP contribution in [0.4, 0.5) is 5.69 Å². The number of carbonyl (C=O) groups is 1. The van der Waals surface area contributed by atoms with Crippen LogP contribution in [0.5, 0.6) is 5.75 Å². The van der Waals surface area contributed by atoms with Gasteiger partial charge in [0.1, 0.15) is 12.4 Å². The van der Waals surface area contributed by atoms with Crippen molar-refractivity contribution in [1.82, 2.24) is 4.90 Å². The minimum absolute atomic E-state index is 0.103. The van der Waals surface area contributed by atoms with Crippen LogP contribution in [0.2, 0.25) is 0 Å². The van der Waals surface area contributed by atoms with E-state index in [9.17, 15) is 4.79 Å². The number of halogens is 2. The number of para-hydroxylation sites is 1. The van der Waals surface area contributed by atoms with Gasteiger partial charge in [-0.15, -0.1) is 0 Å². The molecule has 2 fully saturated rings. The summed E-state index contributed by atoms with van der Waals surface area (Å²) in [5, 5.41) is 3.59. The third kappa shape index (κ3) is 5.69. The van der Waals surface area contributed by atoms with E-state index in [4.69, 9.17) is 4.74 Å². The maximum atomic E-state index is 13.7. The monoisotopic (exact) mass is 590 g/mol. The van der Waals surface area contributed by atoms with E-state index in [1.54, 1.807) is 17.8 Å². The lowest BCUT2D eigenvalue weighted by Gasteiger charge is -2.39. The number of hydrogen-bond acceptors (Lipinski definition) is 4. The second-order valence-electron chi connectivity index (χ2n) is 8.44. The number of hydrogen-bond donors (Lipinski definition) is 1. The molecular formula is C26H28Br2N2O2S. The molecule has 0 bridgehead atoms. The van der Waals surface area contributed by atoms with Crippen LogP contribution in [-0.2, 0) is 4.79 Å². The lowest BCUT2D eigenvalue weighted by Crippen LogP contribution is -2.48. The zero-order chi connectivity index (χ0) is 23.4. The summed E-state index contributed by atoms with van der Waals surface area (Å²) in [5.74, 6) is 1.32. The van der Waals surface area contributed by atoms with Gasteiger partial charge in [0.05, 0.1) is 13.9 Å². The van der Waals surface area contributed by atoms with Crippen molar-refractivity contribution < 1.29 is 9.53 Å². The summed E-state index contributed by atoms with van der Waals surface area (Å²) in [7, 11) is 0. The fourth-order valence-electron chi connectivity index (χ4n) is 4.46. The van der Waals surface area contributed by atoms with Gasteiger partial charge in [-0.1, -0.05) is 62.4 Å². The molecule has 4 rings (SSSR count). The molecule has 1 N–H and O–H groups in total. The van der Waals surface area contributed by atoms with Gasteiger partial charge >= 0.3 is 0 Å². The first-order valence-electron chi connectivity index (χ1n) is 11.2. The van der Waals surface area contributed by atoms with Gasteiger partial charge in [-0.2, -0.15) is 0 Å². The highest BCUT2D eigenvalue weighted by molar-refractivity contribution is 9.11. The summed E-state index contributed by atoms with van der Waals surface area (Å²) in [6.07, 6.45) is 8.33. The molecule has 1 saturated carbocycles. The quantitative estimate of drug-likeness (QED) is 0.265. The Balaban J connectivity index is 1.64. The predicted octanol–water partition coefficient (Wildman–Crippen LogP) is 7.67. The first-order chi connectivity index (χ1) is 16.0. The Morgan fingerprint density at radius 2 is 1.88 bits per heavy atom. The van der Waals surface area contributed by atoms with Crippen molar-refractivity contribution in [3.05, 3.63) is 74.5 Å². The van der Waals surface area contributed by atoms with Gasteiger partial charge in [0.15, 0.2) is 5.50 Å². The number of ether oxygens (including phenoxy) is 1. The summed E-state index contributed by atoms with van der Waals surface area (Å²) < 4.78 is 7.39. The van der Waals surface area contributed by atoms with Gasteiger partial charge in [-0.05, 0) is 86.5 Å². The molecule has 4 nitrogen and oxygen atoms in total. The lowest BCUT2D eigenvalue weighted by atomic mass is 9.85. The summed E-state index contributed by atoms with van der Waals surface area (Å²) >= 11 is 8.79. The summed E-state index contributed by atoms with van der Waals surface area (Å²) in [5.41, 5.74) is 1.83. The van der Waals surface area contributed by atoms with Crippen LogP contribution in [0.1, 0.15) is 38.2 Å². The summed E-state index contributed by atoms with van der Waals surface area (Å²) in [6.45, 7) is 6.40. The standard InChI is InChI=1S/C26H28Br2N2O2S/c1-3-13-32-24-20(27)14-18(15-21(24)28)16-23-25(31)30(22-12-8-7-9-17(22)2)26(33-23)29-19-10-5-4-6-11-19/h3-6,10-11,14-17,22,26,29H,1,7-9,12-13H2,2H3/b23-16-/t17-,22-,26?/m1/s1. The van der Waals surface area contributed by atoms with Crippen LogP contribution >= 0.6 is 43.6 Å². The van der Waals surface area contributed by atoms with E-state index in [1.807, 2.05) is 48.5 Å². The average molecular weight is 592 g/mol. The number of benzene rings is 2. The van der Waals surface area contributed by atoms with E-state index < -0.39 is 0 Å². The smallest absolute Gasteiger partial charge is 0.262 e. The molecule has 1 saturated heterocycles. The molecule has 1 unspecified atom stereocenters. The van der Waals surface area contributed by atoms with Crippen molar-refractivity contribution in [2.24, 2.45) is 5.92 Å². The number of nitrogens with one attached hydrogen (secondary N) is 1. The summed E-state index contributed by atoms with van der Waals surface area (Å²) in [6, 6.07) is 14.3. The van der Waals surface area contributed by atoms with Gasteiger partial charge in [0.25, 0.3) is 5.91 Å². The molecule has 174 valence electrons.